The molecule has 3 heterocycles. The Bertz CT molecular complexity index is 1440. The van der Waals surface area contributed by atoms with Crippen molar-refractivity contribution < 1.29 is 19.2 Å². The number of carbonyl (C=O) groups excluding carboxylic acids is 1. The van der Waals surface area contributed by atoms with Crippen molar-refractivity contribution in [3.8, 4) is 17.1 Å². The average molecular weight is 484 g/mol. The summed E-state index contributed by atoms with van der Waals surface area (Å²) in [7, 11) is 2.49. The highest BCUT2D eigenvalue weighted by Gasteiger charge is 2.27. The van der Waals surface area contributed by atoms with Gasteiger partial charge in [-0.25, -0.2) is 9.97 Å². The van der Waals surface area contributed by atoms with Gasteiger partial charge in [-0.1, -0.05) is 19.1 Å². The molecule has 0 bridgehead atoms. The van der Waals surface area contributed by atoms with Crippen LogP contribution in [0.5, 0.6) is 5.75 Å². The van der Waals surface area contributed by atoms with Crippen LogP contribution in [-0.4, -0.2) is 44.8 Å². The van der Waals surface area contributed by atoms with Crippen molar-refractivity contribution in [1.82, 2.24) is 19.7 Å². The van der Waals surface area contributed by atoms with E-state index >= 15 is 0 Å². The van der Waals surface area contributed by atoms with E-state index in [1.54, 1.807) is 37.4 Å². The number of para-hydroxylation sites is 1. The quantitative estimate of drug-likeness (QED) is 0.256. The topological polar surface area (TPSA) is 123 Å². The Morgan fingerprint density at radius 1 is 1.19 bits per heavy atom. The van der Waals surface area contributed by atoms with Gasteiger partial charge in [-0.15, -0.1) is 0 Å². The highest BCUT2D eigenvalue weighted by atomic mass is 16.5. The van der Waals surface area contributed by atoms with Gasteiger partial charge in [0.1, 0.15) is 12.1 Å². The molecule has 182 valence electrons. The first-order valence-corrected chi connectivity index (χ1v) is 11.5. The first-order valence-electron chi connectivity index (χ1n) is 11.5. The van der Waals surface area contributed by atoms with E-state index in [-0.39, 0.29) is 5.78 Å². The summed E-state index contributed by atoms with van der Waals surface area (Å²) in [5, 5.41) is 20.9. The lowest BCUT2D eigenvalue weighted by molar-refractivity contribution is 0.0988. The summed E-state index contributed by atoms with van der Waals surface area (Å²) in [6, 6.07) is 13.0. The summed E-state index contributed by atoms with van der Waals surface area (Å²) in [5.74, 6) is 1.60. The SMILES string of the molecule is CCC(=O)c1cnc(Nc2ccc3c(c2)COB3O)cc1Nc1cccc(-c2ncn(C)n2)c1OC. The summed E-state index contributed by atoms with van der Waals surface area (Å²) >= 11 is 0. The van der Waals surface area contributed by atoms with Crippen molar-refractivity contribution in [1.29, 1.82) is 0 Å². The van der Waals surface area contributed by atoms with E-state index < -0.39 is 7.12 Å². The third-order valence-corrected chi connectivity index (χ3v) is 5.93. The molecule has 2 aromatic carbocycles. The molecule has 0 fully saturated rings. The van der Waals surface area contributed by atoms with E-state index in [2.05, 4.69) is 25.7 Å². The summed E-state index contributed by atoms with van der Waals surface area (Å²) in [4.78, 5) is 21.5. The number of fused-ring (bicyclic) bond motifs is 1. The standard InChI is InChI=1S/C25H25BN6O4/c1-4-22(33)18-12-27-23(29-16-8-9-19-15(10-16)13-36-26(19)34)11-21(18)30-20-7-5-6-17(24(20)35-3)25-28-14-32(2)31-25/h5-12,14,34H,4,13H2,1-3H3,(H2,27,29,30). The van der Waals surface area contributed by atoms with Gasteiger partial charge >= 0.3 is 7.12 Å². The third kappa shape index (κ3) is 4.53. The number of carbonyl (C=O) groups is 1. The number of aromatic nitrogens is 4. The Hall–Kier alpha value is -4.22. The van der Waals surface area contributed by atoms with E-state index in [0.717, 1.165) is 22.3 Å². The third-order valence-electron chi connectivity index (χ3n) is 5.93. The Kier molecular flexibility index (Phi) is 6.40. The van der Waals surface area contributed by atoms with Crippen LogP contribution in [0, 0.1) is 0 Å². The zero-order chi connectivity index (χ0) is 25.2. The van der Waals surface area contributed by atoms with Gasteiger partial charge in [0, 0.05) is 31.4 Å². The maximum absolute atomic E-state index is 12.7. The Morgan fingerprint density at radius 2 is 2.06 bits per heavy atom. The lowest BCUT2D eigenvalue weighted by Gasteiger charge is -2.17. The van der Waals surface area contributed by atoms with E-state index in [1.807, 2.05) is 43.3 Å². The number of ketones is 1. The smallest absolute Gasteiger partial charge is 0.491 e. The van der Waals surface area contributed by atoms with Crippen molar-refractivity contribution in [3.05, 3.63) is 66.1 Å². The number of hydrogen-bond acceptors (Lipinski definition) is 9. The number of aryl methyl sites for hydroxylation is 1. The molecule has 4 aromatic rings. The second-order valence-electron chi connectivity index (χ2n) is 8.35. The molecule has 1 aliphatic rings. The van der Waals surface area contributed by atoms with E-state index in [1.165, 1.54) is 0 Å². The molecule has 0 saturated carbocycles. The predicted molar refractivity (Wildman–Crippen MR) is 137 cm³/mol. The van der Waals surface area contributed by atoms with Gasteiger partial charge in [-0.2, -0.15) is 5.10 Å². The molecular weight excluding hydrogens is 459 g/mol. The molecule has 36 heavy (non-hydrogen) atoms. The minimum Gasteiger partial charge on any atom is -0.494 e. The largest absolute Gasteiger partial charge is 0.494 e. The number of methoxy groups -OCH3 is 1. The zero-order valence-electron chi connectivity index (χ0n) is 20.1. The molecule has 1 aliphatic heterocycles. The number of ether oxygens (including phenoxy) is 1. The summed E-state index contributed by atoms with van der Waals surface area (Å²) in [6.07, 6.45) is 3.53. The van der Waals surface area contributed by atoms with Crippen LogP contribution in [0.2, 0.25) is 0 Å². The number of nitrogens with zero attached hydrogens (tertiary/aromatic N) is 4. The molecule has 0 atom stereocenters. The zero-order valence-corrected chi connectivity index (χ0v) is 20.1. The van der Waals surface area contributed by atoms with Crippen LogP contribution < -0.4 is 20.8 Å². The molecule has 2 aromatic heterocycles. The number of anilines is 4. The molecular formula is C25H25BN6O4. The molecule has 10 nitrogen and oxygen atoms in total. The Balaban J connectivity index is 1.49. The molecule has 5 rings (SSSR count). The molecule has 0 radical (unpaired) electrons. The van der Waals surface area contributed by atoms with Crippen molar-refractivity contribution in [2.45, 2.75) is 20.0 Å². The van der Waals surface area contributed by atoms with Crippen LogP contribution in [0.3, 0.4) is 0 Å². The molecule has 11 heteroatoms. The van der Waals surface area contributed by atoms with E-state index in [9.17, 15) is 9.82 Å². The highest BCUT2D eigenvalue weighted by molar-refractivity contribution is 6.61. The van der Waals surface area contributed by atoms with Crippen LogP contribution in [-0.2, 0) is 18.3 Å². The first kappa shape index (κ1) is 23.5. The van der Waals surface area contributed by atoms with Crippen molar-refractivity contribution >= 4 is 41.2 Å². The van der Waals surface area contributed by atoms with Gasteiger partial charge in [0.25, 0.3) is 0 Å². The molecule has 3 N–H and O–H groups in total. The fourth-order valence-electron chi connectivity index (χ4n) is 4.13. The summed E-state index contributed by atoms with van der Waals surface area (Å²) in [6.45, 7) is 2.16. The van der Waals surface area contributed by atoms with Crippen molar-refractivity contribution in [2.24, 2.45) is 7.05 Å². The lowest BCUT2D eigenvalue weighted by atomic mass is 9.79. The summed E-state index contributed by atoms with van der Waals surface area (Å²) in [5.41, 5.74) is 4.90. The van der Waals surface area contributed by atoms with Crippen molar-refractivity contribution in [3.63, 3.8) is 0 Å². The minimum atomic E-state index is -0.894. The monoisotopic (exact) mass is 484 g/mol. The molecule has 0 aliphatic carbocycles. The van der Waals surface area contributed by atoms with Crippen LogP contribution >= 0.6 is 0 Å². The highest BCUT2D eigenvalue weighted by Crippen LogP contribution is 2.37. The minimum absolute atomic E-state index is 0.0401. The predicted octanol–water partition coefficient (Wildman–Crippen LogP) is 3.18. The maximum Gasteiger partial charge on any atom is 0.491 e. The second-order valence-corrected chi connectivity index (χ2v) is 8.35. The maximum atomic E-state index is 12.7. The number of rotatable bonds is 8. The first-order chi connectivity index (χ1) is 17.5. The van der Waals surface area contributed by atoms with Crippen LogP contribution in [0.25, 0.3) is 11.4 Å². The van der Waals surface area contributed by atoms with Gasteiger partial charge in [0.2, 0.25) is 0 Å². The second kappa shape index (κ2) is 9.80. The summed E-state index contributed by atoms with van der Waals surface area (Å²) < 4.78 is 12.6. The number of Topliss-reactive ketones (excluding diaryl/α,β-unsaturated/α-hetero) is 1. The van der Waals surface area contributed by atoms with Crippen LogP contribution in [0.4, 0.5) is 22.9 Å². The number of pyridine rings is 1. The van der Waals surface area contributed by atoms with Crippen LogP contribution in [0.15, 0.2) is 55.0 Å². The number of benzene rings is 2. The fraction of sp³-hybridized carbons (Fsp3) is 0.200. The molecule has 0 spiro atoms. The van der Waals surface area contributed by atoms with Gasteiger partial charge in [0.05, 0.1) is 36.2 Å². The van der Waals surface area contributed by atoms with Crippen LogP contribution in [0.1, 0.15) is 29.3 Å². The van der Waals surface area contributed by atoms with E-state index in [0.29, 0.717) is 47.4 Å². The molecule has 0 amide bonds. The molecule has 0 saturated heterocycles. The van der Waals surface area contributed by atoms with Crippen molar-refractivity contribution in [2.75, 3.05) is 17.7 Å². The average Bonchev–Trinajstić information content (AvgIpc) is 3.48. The number of hydrogen-bond donors (Lipinski definition) is 3. The molecule has 0 unspecified atom stereocenters. The normalized spacial score (nSPS) is 12.4. The van der Waals surface area contributed by atoms with Gasteiger partial charge in [-0.3, -0.25) is 9.48 Å². The van der Waals surface area contributed by atoms with Gasteiger partial charge < -0.3 is 25.0 Å². The lowest BCUT2D eigenvalue weighted by Crippen LogP contribution is -2.27. The van der Waals surface area contributed by atoms with E-state index in [4.69, 9.17) is 9.39 Å². The fourth-order valence-corrected chi connectivity index (χ4v) is 4.13. The number of nitrogens with one attached hydrogen (secondary N) is 2. The van der Waals surface area contributed by atoms with Gasteiger partial charge in [0.15, 0.2) is 17.4 Å². The Labute approximate surface area is 208 Å². The Morgan fingerprint density at radius 3 is 2.81 bits per heavy atom. The van der Waals surface area contributed by atoms with Gasteiger partial charge in [-0.05, 0) is 35.3 Å².